The van der Waals surface area contributed by atoms with Crippen LogP contribution in [0.25, 0.3) is 5.76 Å². The summed E-state index contributed by atoms with van der Waals surface area (Å²) in [6.45, 7) is 7.36. The Balaban J connectivity index is 1.94. The molecule has 33 heavy (non-hydrogen) atoms. The Morgan fingerprint density at radius 1 is 0.970 bits per heavy atom. The smallest absolute Gasteiger partial charge is 0.295 e. The number of Topliss-reactive ketones (excluding diaryl/α,β-unsaturated/α-hetero) is 1. The lowest BCUT2D eigenvalue weighted by Gasteiger charge is -2.25. The van der Waals surface area contributed by atoms with Crippen molar-refractivity contribution in [2.75, 3.05) is 13.2 Å². The fourth-order valence-electron chi connectivity index (χ4n) is 4.24. The predicted molar refractivity (Wildman–Crippen MR) is 131 cm³/mol. The molecule has 0 radical (unpaired) electrons. The summed E-state index contributed by atoms with van der Waals surface area (Å²) >= 11 is 0. The van der Waals surface area contributed by atoms with E-state index >= 15 is 0 Å². The number of benzene rings is 2. The molecule has 3 rings (SSSR count). The number of likely N-dealkylation sites (tertiary alicyclic amines) is 1. The number of hydrogen-bond acceptors (Lipinski definition) is 4. The lowest BCUT2D eigenvalue weighted by Crippen LogP contribution is -2.30. The van der Waals surface area contributed by atoms with Crippen molar-refractivity contribution in [3.8, 4) is 5.75 Å². The number of carbonyl (C=O) groups is 2. The lowest BCUT2D eigenvalue weighted by molar-refractivity contribution is -0.139. The first-order valence-electron chi connectivity index (χ1n) is 12.1. The molecule has 1 heterocycles. The monoisotopic (exact) mass is 449 g/mol. The van der Waals surface area contributed by atoms with Crippen LogP contribution in [0, 0.1) is 6.92 Å². The van der Waals surface area contributed by atoms with Crippen molar-refractivity contribution in [2.45, 2.75) is 65.3 Å². The van der Waals surface area contributed by atoms with E-state index in [2.05, 4.69) is 13.8 Å². The molecule has 0 spiro atoms. The molecule has 1 fully saturated rings. The van der Waals surface area contributed by atoms with Crippen molar-refractivity contribution in [3.05, 3.63) is 70.8 Å². The summed E-state index contributed by atoms with van der Waals surface area (Å²) in [5.41, 5.74) is 2.53. The van der Waals surface area contributed by atoms with Gasteiger partial charge < -0.3 is 14.7 Å². The summed E-state index contributed by atoms with van der Waals surface area (Å²) in [5.74, 6) is -0.598. The fourth-order valence-corrected chi connectivity index (χ4v) is 4.24. The highest BCUT2D eigenvalue weighted by molar-refractivity contribution is 6.46. The third kappa shape index (κ3) is 5.84. The number of hydrogen-bond donors (Lipinski definition) is 1. The largest absolute Gasteiger partial charge is 0.507 e. The topological polar surface area (TPSA) is 66.8 Å². The van der Waals surface area contributed by atoms with Gasteiger partial charge in [0.2, 0.25) is 0 Å². The van der Waals surface area contributed by atoms with Crippen LogP contribution in [0.3, 0.4) is 0 Å². The van der Waals surface area contributed by atoms with Crippen molar-refractivity contribution < 1.29 is 19.4 Å². The van der Waals surface area contributed by atoms with Gasteiger partial charge in [-0.3, -0.25) is 9.59 Å². The average molecular weight is 450 g/mol. The van der Waals surface area contributed by atoms with Crippen molar-refractivity contribution in [3.63, 3.8) is 0 Å². The Bertz CT molecular complexity index is 993. The van der Waals surface area contributed by atoms with Gasteiger partial charge in [-0.15, -0.1) is 0 Å². The number of aryl methyl sites for hydroxylation is 1. The number of aliphatic hydroxyl groups excluding tert-OH is 1. The Morgan fingerprint density at radius 3 is 2.33 bits per heavy atom. The van der Waals surface area contributed by atoms with Gasteiger partial charge >= 0.3 is 0 Å². The Labute approximate surface area is 197 Å². The summed E-state index contributed by atoms with van der Waals surface area (Å²) in [6.07, 6.45) is 6.06. The van der Waals surface area contributed by atoms with Crippen LogP contribution >= 0.6 is 0 Å². The minimum Gasteiger partial charge on any atom is -0.507 e. The first kappa shape index (κ1) is 24.6. The van der Waals surface area contributed by atoms with Crippen LogP contribution in [0.15, 0.2) is 54.1 Å². The van der Waals surface area contributed by atoms with Crippen molar-refractivity contribution in [2.24, 2.45) is 0 Å². The quantitative estimate of drug-likeness (QED) is 0.193. The fraction of sp³-hybridized carbons (Fsp3) is 0.429. The Kier molecular flexibility index (Phi) is 8.70. The normalized spacial score (nSPS) is 17.5. The van der Waals surface area contributed by atoms with Gasteiger partial charge in [0.1, 0.15) is 11.5 Å². The SMILES string of the molecule is CCCCCOc1ccc(/C(O)=C2/C(=O)C(=O)N(CCCCC)C2c2cccc(C)c2)cc1. The van der Waals surface area contributed by atoms with Crippen LogP contribution < -0.4 is 4.74 Å². The van der Waals surface area contributed by atoms with E-state index < -0.39 is 17.7 Å². The number of aliphatic hydroxyl groups is 1. The van der Waals surface area contributed by atoms with E-state index in [1.54, 1.807) is 29.2 Å². The second-order valence-electron chi connectivity index (χ2n) is 8.69. The summed E-state index contributed by atoms with van der Waals surface area (Å²) in [6, 6.07) is 14.3. The number of ketones is 1. The van der Waals surface area contributed by atoms with E-state index in [1.807, 2.05) is 31.2 Å². The molecule has 0 bridgehead atoms. The maximum atomic E-state index is 13.1. The van der Waals surface area contributed by atoms with Crippen LogP contribution in [0.1, 0.15) is 75.1 Å². The number of carbonyl (C=O) groups excluding carboxylic acids is 2. The first-order valence-corrected chi connectivity index (χ1v) is 12.1. The molecule has 1 saturated heterocycles. The van der Waals surface area contributed by atoms with Gasteiger partial charge in [0.25, 0.3) is 11.7 Å². The van der Waals surface area contributed by atoms with Crippen LogP contribution in [0.2, 0.25) is 0 Å². The van der Waals surface area contributed by atoms with Crippen LogP contribution in [-0.4, -0.2) is 34.8 Å². The third-order valence-corrected chi connectivity index (χ3v) is 6.04. The molecule has 2 aromatic carbocycles. The predicted octanol–water partition coefficient (Wildman–Crippen LogP) is 6.18. The minimum absolute atomic E-state index is 0.143. The molecule has 0 aromatic heterocycles. The molecule has 1 amide bonds. The van der Waals surface area contributed by atoms with Crippen LogP contribution in [-0.2, 0) is 9.59 Å². The second kappa shape index (κ2) is 11.7. The molecule has 1 aliphatic rings. The van der Waals surface area contributed by atoms with E-state index in [-0.39, 0.29) is 11.3 Å². The van der Waals surface area contributed by atoms with Crippen molar-refractivity contribution >= 4 is 17.4 Å². The van der Waals surface area contributed by atoms with Crippen LogP contribution in [0.5, 0.6) is 5.75 Å². The first-order chi connectivity index (χ1) is 16.0. The van der Waals surface area contributed by atoms with Gasteiger partial charge in [-0.2, -0.15) is 0 Å². The lowest BCUT2D eigenvalue weighted by atomic mass is 9.94. The maximum absolute atomic E-state index is 13.1. The molecular formula is C28H35NO4. The zero-order valence-corrected chi connectivity index (χ0v) is 20.0. The van der Waals surface area contributed by atoms with Gasteiger partial charge in [-0.1, -0.05) is 69.4 Å². The molecule has 2 aromatic rings. The molecular weight excluding hydrogens is 414 g/mol. The van der Waals surface area contributed by atoms with E-state index in [1.165, 1.54) is 0 Å². The molecule has 0 saturated carbocycles. The Morgan fingerprint density at radius 2 is 1.67 bits per heavy atom. The van der Waals surface area contributed by atoms with E-state index in [0.717, 1.165) is 55.4 Å². The average Bonchev–Trinajstić information content (AvgIpc) is 3.07. The van der Waals surface area contributed by atoms with E-state index in [9.17, 15) is 14.7 Å². The summed E-state index contributed by atoms with van der Waals surface area (Å²) < 4.78 is 5.76. The maximum Gasteiger partial charge on any atom is 0.295 e. The van der Waals surface area contributed by atoms with Crippen LogP contribution in [0.4, 0.5) is 0 Å². The Hall–Kier alpha value is -3.08. The molecule has 0 aliphatic carbocycles. The van der Waals surface area contributed by atoms with E-state index in [4.69, 9.17) is 4.74 Å². The molecule has 176 valence electrons. The number of amides is 1. The second-order valence-corrected chi connectivity index (χ2v) is 8.69. The van der Waals surface area contributed by atoms with Gasteiger partial charge in [-0.05, 0) is 49.6 Å². The number of ether oxygens (including phenoxy) is 1. The minimum atomic E-state index is -0.629. The molecule has 1 unspecified atom stereocenters. The number of nitrogens with zero attached hydrogens (tertiary/aromatic N) is 1. The standard InChI is InChI=1S/C28H35NO4/c1-4-6-8-17-29-25(22-12-10-11-20(3)19-22)24(27(31)28(29)32)26(30)21-13-15-23(16-14-21)33-18-9-7-5-2/h10-16,19,25,30H,4-9,17-18H2,1-3H3/b26-24-. The highest BCUT2D eigenvalue weighted by Crippen LogP contribution is 2.40. The van der Waals surface area contributed by atoms with Gasteiger partial charge in [-0.25, -0.2) is 0 Å². The zero-order valence-electron chi connectivity index (χ0n) is 20.0. The molecule has 1 aliphatic heterocycles. The summed E-state index contributed by atoms with van der Waals surface area (Å²) in [4.78, 5) is 27.6. The molecule has 5 heteroatoms. The van der Waals surface area contributed by atoms with Gasteiger partial charge in [0.15, 0.2) is 0 Å². The molecule has 5 nitrogen and oxygen atoms in total. The van der Waals surface area contributed by atoms with E-state index in [0.29, 0.717) is 18.7 Å². The molecule has 1 N–H and O–H groups in total. The molecule has 1 atom stereocenters. The van der Waals surface area contributed by atoms with Gasteiger partial charge in [0, 0.05) is 12.1 Å². The number of rotatable bonds is 11. The summed E-state index contributed by atoms with van der Waals surface area (Å²) in [7, 11) is 0. The van der Waals surface area contributed by atoms with Gasteiger partial charge in [0.05, 0.1) is 18.2 Å². The zero-order chi connectivity index (χ0) is 23.8. The third-order valence-electron chi connectivity index (χ3n) is 6.04. The number of unbranched alkanes of at least 4 members (excludes halogenated alkanes) is 4. The van der Waals surface area contributed by atoms with Crippen molar-refractivity contribution in [1.29, 1.82) is 0 Å². The highest BCUT2D eigenvalue weighted by atomic mass is 16.5. The van der Waals surface area contributed by atoms with Crippen molar-refractivity contribution in [1.82, 2.24) is 4.90 Å². The summed E-state index contributed by atoms with van der Waals surface area (Å²) in [5, 5.41) is 11.2. The highest BCUT2D eigenvalue weighted by Gasteiger charge is 2.45.